The lowest BCUT2D eigenvalue weighted by molar-refractivity contribution is -0.124. The van der Waals surface area contributed by atoms with E-state index in [1.165, 1.54) is 18.9 Å². The number of unbranched alkanes of at least 4 members (excludes halogenated alkanes) is 1. The number of amides is 4. The predicted octanol–water partition coefficient (Wildman–Crippen LogP) is 8.77. The van der Waals surface area contributed by atoms with E-state index in [1.807, 2.05) is 128 Å². The summed E-state index contributed by atoms with van der Waals surface area (Å²) >= 11 is 1.47. The number of rotatable bonds is 24. The maximum Gasteiger partial charge on any atom is 0.419 e. The molecule has 2 aromatic heterocycles. The van der Waals surface area contributed by atoms with Crippen molar-refractivity contribution in [2.24, 2.45) is 5.73 Å². The molecule has 5 rings (SSSR count). The molecule has 0 aliphatic heterocycles. The molecule has 17 nitrogen and oxygen atoms in total. The first kappa shape index (κ1) is 59.8. The number of hydrogen-bond donors (Lipinski definition) is 5. The van der Waals surface area contributed by atoms with Crippen LogP contribution in [0.5, 0.6) is 0 Å². The Balaban J connectivity index is 0.000000427. The Bertz CT molecular complexity index is 2630. The Hall–Kier alpha value is -6.76. The number of methoxy groups -OCH3 is 1. The Labute approximate surface area is 440 Å². The molecule has 0 saturated carbocycles. The number of fused-ring (bicyclic) bond motifs is 1. The van der Waals surface area contributed by atoms with Crippen molar-refractivity contribution in [3.05, 3.63) is 114 Å². The summed E-state index contributed by atoms with van der Waals surface area (Å²) in [6.07, 6.45) is 8.50. The maximum atomic E-state index is 13.5. The third-order valence-corrected chi connectivity index (χ3v) is 12.8. The number of carbonyl (C=O) groups excluding carboxylic acids is 6. The van der Waals surface area contributed by atoms with Gasteiger partial charge in [0.15, 0.2) is 0 Å². The van der Waals surface area contributed by atoms with E-state index < -0.39 is 35.4 Å². The third kappa shape index (κ3) is 19.3. The van der Waals surface area contributed by atoms with Gasteiger partial charge in [0.05, 0.1) is 24.2 Å². The zero-order valence-corrected chi connectivity index (χ0v) is 45.4. The SMILES string of the molecule is CC(Cc1cn(C(=O)OC(C)(C)C)c2ccccc12)N(C)C=O.COC(=O)c1ccc(-c2cccc(Sc3ncccc3CNC(CCCNC(=O)OC(C)(C)C)C(=O)NC(C)CCCCN)c2CNC=O)cc1. The molecule has 400 valence electrons. The third-order valence-electron chi connectivity index (χ3n) is 11.6. The van der Waals surface area contributed by atoms with Crippen LogP contribution < -0.4 is 27.0 Å². The van der Waals surface area contributed by atoms with Crippen LogP contribution in [0.3, 0.4) is 0 Å². The van der Waals surface area contributed by atoms with Crippen molar-refractivity contribution in [3.63, 3.8) is 0 Å². The Kier molecular flexibility index (Phi) is 23.6. The lowest BCUT2D eigenvalue weighted by atomic mass is 9.98. The van der Waals surface area contributed by atoms with Crippen LogP contribution >= 0.6 is 11.8 Å². The summed E-state index contributed by atoms with van der Waals surface area (Å²) in [6.45, 7) is 16.6. The topological polar surface area (TPSA) is 225 Å². The molecule has 0 radical (unpaired) electrons. The number of pyridine rings is 1. The molecule has 18 heteroatoms. The van der Waals surface area contributed by atoms with Crippen LogP contribution in [0.2, 0.25) is 0 Å². The highest BCUT2D eigenvalue weighted by molar-refractivity contribution is 7.99. The number of alkyl carbamates (subject to hydrolysis) is 1. The number of nitrogens with one attached hydrogen (secondary N) is 4. The average Bonchev–Trinajstić information content (AvgIpc) is 3.72. The minimum absolute atomic E-state index is 0.0138. The Morgan fingerprint density at radius 1 is 0.838 bits per heavy atom. The van der Waals surface area contributed by atoms with Crippen LogP contribution in [0.4, 0.5) is 9.59 Å². The highest BCUT2D eigenvalue weighted by Crippen LogP contribution is 2.37. The molecule has 0 bridgehead atoms. The number of aromatic nitrogens is 2. The van der Waals surface area contributed by atoms with Crippen LogP contribution in [0.25, 0.3) is 22.0 Å². The van der Waals surface area contributed by atoms with Gasteiger partial charge >= 0.3 is 18.2 Å². The molecule has 0 aliphatic carbocycles. The lowest BCUT2D eigenvalue weighted by Gasteiger charge is -2.23. The summed E-state index contributed by atoms with van der Waals surface area (Å²) in [4.78, 5) is 79.6. The average molecular weight is 1040 g/mol. The van der Waals surface area contributed by atoms with Crippen LogP contribution in [0.1, 0.15) is 115 Å². The highest BCUT2D eigenvalue weighted by Gasteiger charge is 2.24. The van der Waals surface area contributed by atoms with Gasteiger partial charge in [-0.2, -0.15) is 0 Å². The summed E-state index contributed by atoms with van der Waals surface area (Å²) in [5.74, 6) is -0.530. The number of nitrogens with two attached hydrogens (primary N) is 1. The first-order chi connectivity index (χ1) is 35.2. The molecule has 5 aromatic rings. The van der Waals surface area contributed by atoms with Crippen LogP contribution in [-0.2, 0) is 48.1 Å². The maximum absolute atomic E-state index is 13.5. The summed E-state index contributed by atoms with van der Waals surface area (Å²) in [6, 6.07) is 24.1. The normalized spacial score (nSPS) is 12.5. The van der Waals surface area contributed by atoms with Gasteiger partial charge in [-0.05, 0) is 152 Å². The second-order valence-electron chi connectivity index (χ2n) is 20.0. The van der Waals surface area contributed by atoms with E-state index in [4.69, 9.17) is 19.9 Å². The number of likely N-dealkylation sites (N-methyl/N-ethyl adjacent to an activating group) is 1. The van der Waals surface area contributed by atoms with Gasteiger partial charge in [0.25, 0.3) is 0 Å². The minimum atomic E-state index is -0.599. The van der Waals surface area contributed by atoms with E-state index in [0.29, 0.717) is 50.9 Å². The van der Waals surface area contributed by atoms with Gasteiger partial charge in [-0.1, -0.05) is 66.7 Å². The van der Waals surface area contributed by atoms with Gasteiger partial charge in [-0.25, -0.2) is 19.4 Å². The molecule has 74 heavy (non-hydrogen) atoms. The monoisotopic (exact) mass is 1040 g/mol. The zero-order chi connectivity index (χ0) is 54.4. The number of hydrogen-bond acceptors (Lipinski definition) is 13. The number of esters is 1. The van der Waals surface area contributed by atoms with Crippen molar-refractivity contribution in [2.45, 2.75) is 146 Å². The van der Waals surface area contributed by atoms with E-state index >= 15 is 0 Å². The predicted molar refractivity (Wildman–Crippen MR) is 290 cm³/mol. The molecular formula is C56H76N8O9S. The number of carbonyl (C=O) groups is 6. The van der Waals surface area contributed by atoms with E-state index in [1.54, 1.807) is 34.8 Å². The molecule has 2 heterocycles. The lowest BCUT2D eigenvalue weighted by Crippen LogP contribution is -2.47. The second-order valence-corrected chi connectivity index (χ2v) is 21.0. The molecule has 0 spiro atoms. The number of ether oxygens (including phenoxy) is 3. The molecular weight excluding hydrogens is 961 g/mol. The molecule has 0 aliphatic rings. The molecule has 3 unspecified atom stereocenters. The largest absolute Gasteiger partial charge is 0.465 e. The van der Waals surface area contributed by atoms with Crippen molar-refractivity contribution in [3.8, 4) is 11.1 Å². The fourth-order valence-corrected chi connectivity index (χ4v) is 8.78. The quantitative estimate of drug-likeness (QED) is 0.0169. The molecule has 6 N–H and O–H groups in total. The number of nitrogens with zero attached hydrogens (tertiary/aromatic N) is 3. The van der Waals surface area contributed by atoms with Crippen LogP contribution in [-0.4, -0.2) is 108 Å². The van der Waals surface area contributed by atoms with Crippen LogP contribution in [0.15, 0.2) is 101 Å². The van der Waals surface area contributed by atoms with Crippen molar-refractivity contribution in [2.75, 3.05) is 27.2 Å². The zero-order valence-electron chi connectivity index (χ0n) is 44.6. The van der Waals surface area contributed by atoms with Crippen molar-refractivity contribution < 1.29 is 43.0 Å². The number of para-hydroxylation sites is 1. The van der Waals surface area contributed by atoms with Gasteiger partial charge in [0.1, 0.15) is 16.2 Å². The van der Waals surface area contributed by atoms with Gasteiger partial charge in [0, 0.05) is 61.4 Å². The van der Waals surface area contributed by atoms with Crippen molar-refractivity contribution in [1.29, 1.82) is 0 Å². The van der Waals surface area contributed by atoms with E-state index in [2.05, 4.69) is 26.3 Å². The van der Waals surface area contributed by atoms with Gasteiger partial charge in [0.2, 0.25) is 18.7 Å². The van der Waals surface area contributed by atoms with Crippen molar-refractivity contribution in [1.82, 2.24) is 35.7 Å². The Morgan fingerprint density at radius 2 is 1.55 bits per heavy atom. The first-order valence-corrected chi connectivity index (χ1v) is 25.8. The van der Waals surface area contributed by atoms with Crippen LogP contribution in [0, 0.1) is 0 Å². The molecule has 3 aromatic carbocycles. The second kappa shape index (κ2) is 29.2. The van der Waals surface area contributed by atoms with Gasteiger partial charge < -0.3 is 46.1 Å². The molecule has 3 atom stereocenters. The summed E-state index contributed by atoms with van der Waals surface area (Å²) in [5, 5.41) is 13.9. The summed E-state index contributed by atoms with van der Waals surface area (Å²) in [7, 11) is 3.10. The Morgan fingerprint density at radius 3 is 2.22 bits per heavy atom. The molecule has 0 saturated heterocycles. The first-order valence-electron chi connectivity index (χ1n) is 25.0. The fraction of sp³-hybridized carbons (Fsp3) is 0.446. The smallest absolute Gasteiger partial charge is 0.419 e. The van der Waals surface area contributed by atoms with E-state index in [0.717, 1.165) is 74.3 Å². The number of benzene rings is 3. The summed E-state index contributed by atoms with van der Waals surface area (Å²) in [5.41, 5.74) is 10.3. The van der Waals surface area contributed by atoms with E-state index in [-0.39, 0.29) is 24.5 Å². The van der Waals surface area contributed by atoms with Crippen molar-refractivity contribution >= 4 is 59.5 Å². The summed E-state index contributed by atoms with van der Waals surface area (Å²) < 4.78 is 17.2. The molecule has 0 fully saturated rings. The van der Waals surface area contributed by atoms with Gasteiger partial charge in [-0.15, -0.1) is 0 Å². The fourth-order valence-electron chi connectivity index (χ4n) is 7.74. The standard InChI is InChI=1S/C38H52N6O6S.C18H24N2O3/c1-26(11-6-7-20-39)44-34(46)32(14-10-22-42-37(48)50-38(2,3)4)43-23-29-12-9-21-41-35(29)51-33-15-8-13-30(31(33)24-40-25-45)27-16-18-28(19-17-27)36(47)49-5;1-13(19(5)12-21)10-14-11-20(17(22)23-18(2,3)4)16-9-7-6-8-15(14)16/h8-9,12-13,15-19,21,25-26,32,43H,6-7,10-11,14,20,22-24,39H2,1-5H3,(H,40,45)(H,42,48)(H,44,46);6-9,11-13H,10H2,1-5H3. The van der Waals surface area contributed by atoms with E-state index in [9.17, 15) is 28.8 Å². The molecule has 4 amide bonds. The minimum Gasteiger partial charge on any atom is -0.465 e. The van der Waals surface area contributed by atoms with Gasteiger partial charge in [-0.3, -0.25) is 19.0 Å². The highest BCUT2D eigenvalue weighted by atomic mass is 32.2.